The second-order valence-corrected chi connectivity index (χ2v) is 6.35. The molecule has 0 aliphatic carbocycles. The van der Waals surface area contributed by atoms with Crippen molar-refractivity contribution in [1.82, 2.24) is 9.88 Å². The highest BCUT2D eigenvalue weighted by atomic mass is 32.1. The van der Waals surface area contributed by atoms with Crippen LogP contribution in [-0.4, -0.2) is 17.0 Å². The number of nitrogens with one attached hydrogen (secondary N) is 1. The van der Waals surface area contributed by atoms with Gasteiger partial charge < -0.3 is 11.1 Å². The molecule has 4 nitrogen and oxygen atoms in total. The Hall–Kier alpha value is -1.92. The number of amides is 1. The molecule has 0 spiro atoms. The van der Waals surface area contributed by atoms with E-state index in [0.29, 0.717) is 21.2 Å². The van der Waals surface area contributed by atoms with Crippen LogP contribution in [0.15, 0.2) is 30.9 Å². The molecule has 2 aromatic rings. The normalized spacial score (nSPS) is 10.4. The van der Waals surface area contributed by atoms with Gasteiger partial charge in [-0.25, -0.2) is 0 Å². The molecule has 0 saturated carbocycles. The van der Waals surface area contributed by atoms with Gasteiger partial charge in [0.15, 0.2) is 3.95 Å². The Labute approximate surface area is 132 Å². The minimum Gasteiger partial charge on any atom is -0.383 e. The van der Waals surface area contributed by atoms with Crippen molar-refractivity contribution in [2.45, 2.75) is 13.8 Å². The number of thiazole rings is 1. The van der Waals surface area contributed by atoms with E-state index in [0.717, 1.165) is 16.8 Å². The maximum absolute atomic E-state index is 12.1. The number of hydrogen-bond donors (Lipinski definition) is 2. The molecule has 6 heteroatoms. The maximum Gasteiger partial charge on any atom is 0.265 e. The van der Waals surface area contributed by atoms with Crippen LogP contribution in [0.3, 0.4) is 0 Å². The van der Waals surface area contributed by atoms with Crippen molar-refractivity contribution in [2.24, 2.45) is 0 Å². The third-order valence-electron chi connectivity index (χ3n) is 3.06. The van der Waals surface area contributed by atoms with Gasteiger partial charge in [-0.1, -0.05) is 29.5 Å². The number of nitrogen functional groups attached to an aromatic ring is 1. The number of aryl methyl sites for hydroxylation is 2. The lowest BCUT2D eigenvalue weighted by Gasteiger charge is -2.10. The van der Waals surface area contributed by atoms with Gasteiger partial charge in [-0.15, -0.1) is 6.58 Å². The molecule has 0 aliphatic heterocycles. The number of aromatic nitrogens is 1. The summed E-state index contributed by atoms with van der Waals surface area (Å²) in [4.78, 5) is 12.5. The summed E-state index contributed by atoms with van der Waals surface area (Å²) in [5.41, 5.74) is 9.23. The first-order valence-corrected chi connectivity index (χ1v) is 7.66. The van der Waals surface area contributed by atoms with E-state index in [-0.39, 0.29) is 5.91 Å². The minimum absolute atomic E-state index is 0.229. The van der Waals surface area contributed by atoms with Crippen LogP contribution < -0.4 is 11.1 Å². The molecule has 21 heavy (non-hydrogen) atoms. The third kappa shape index (κ3) is 3.06. The lowest BCUT2D eigenvalue weighted by atomic mass is 10.1. The van der Waals surface area contributed by atoms with Gasteiger partial charge in [0.05, 0.1) is 5.69 Å². The van der Waals surface area contributed by atoms with E-state index in [1.165, 1.54) is 11.3 Å². The van der Waals surface area contributed by atoms with Crippen molar-refractivity contribution >= 4 is 35.3 Å². The van der Waals surface area contributed by atoms with Crippen molar-refractivity contribution in [3.63, 3.8) is 0 Å². The number of nitrogens with two attached hydrogens (primary N) is 1. The zero-order valence-corrected chi connectivity index (χ0v) is 13.6. The number of carbonyl (C=O) groups excluding carboxylic acids is 1. The van der Waals surface area contributed by atoms with Crippen molar-refractivity contribution in [2.75, 3.05) is 12.3 Å². The highest BCUT2D eigenvalue weighted by Gasteiger charge is 2.18. The van der Waals surface area contributed by atoms with E-state index >= 15 is 0 Å². The van der Waals surface area contributed by atoms with E-state index in [2.05, 4.69) is 11.9 Å². The van der Waals surface area contributed by atoms with Crippen LogP contribution in [0.25, 0.3) is 5.69 Å². The molecular formula is C15H17N3OS2. The van der Waals surface area contributed by atoms with Crippen molar-refractivity contribution in [3.05, 3.63) is 50.8 Å². The molecule has 2 rings (SSSR count). The summed E-state index contributed by atoms with van der Waals surface area (Å²) >= 11 is 6.59. The molecule has 1 heterocycles. The maximum atomic E-state index is 12.1. The van der Waals surface area contributed by atoms with E-state index in [4.69, 9.17) is 18.0 Å². The standard InChI is InChI=1S/C15H17N3OS2/c1-4-7-17-14(19)12-13(16)18(15(20)21-12)11-8-9(2)5-6-10(11)3/h4-6,8H,1,7,16H2,2-3H3,(H,17,19). The first-order valence-electron chi connectivity index (χ1n) is 6.43. The van der Waals surface area contributed by atoms with Crippen molar-refractivity contribution in [3.8, 4) is 5.69 Å². The molecule has 0 unspecified atom stereocenters. The molecule has 1 amide bonds. The molecule has 0 fully saturated rings. The lowest BCUT2D eigenvalue weighted by molar-refractivity contribution is 0.0962. The fourth-order valence-electron chi connectivity index (χ4n) is 1.98. The Bertz CT molecular complexity index is 759. The second kappa shape index (κ2) is 6.24. The Kier molecular flexibility index (Phi) is 4.59. The smallest absolute Gasteiger partial charge is 0.265 e. The Morgan fingerprint density at radius 1 is 1.52 bits per heavy atom. The molecule has 0 bridgehead atoms. The molecule has 0 saturated heterocycles. The van der Waals surface area contributed by atoms with Gasteiger partial charge in [0.1, 0.15) is 10.7 Å². The summed E-state index contributed by atoms with van der Waals surface area (Å²) < 4.78 is 2.32. The average molecular weight is 319 g/mol. The number of anilines is 1. The topological polar surface area (TPSA) is 60.0 Å². The molecule has 0 atom stereocenters. The number of benzene rings is 1. The predicted octanol–water partition coefficient (Wildman–Crippen LogP) is 3.38. The summed E-state index contributed by atoms with van der Waals surface area (Å²) in [6, 6.07) is 6.06. The fraction of sp³-hybridized carbons (Fsp3) is 0.200. The summed E-state index contributed by atoms with van der Waals surface area (Å²) in [5.74, 6) is 0.146. The fourth-order valence-corrected chi connectivity index (χ4v) is 3.25. The van der Waals surface area contributed by atoms with E-state index in [1.807, 2.05) is 32.0 Å². The quantitative estimate of drug-likeness (QED) is 0.671. The van der Waals surface area contributed by atoms with Crippen LogP contribution in [-0.2, 0) is 0 Å². The number of rotatable bonds is 4. The van der Waals surface area contributed by atoms with E-state index < -0.39 is 0 Å². The van der Waals surface area contributed by atoms with Crippen LogP contribution in [0.1, 0.15) is 20.8 Å². The molecular weight excluding hydrogens is 302 g/mol. The average Bonchev–Trinajstić information content (AvgIpc) is 2.74. The molecule has 1 aromatic carbocycles. The van der Waals surface area contributed by atoms with Crippen molar-refractivity contribution in [1.29, 1.82) is 0 Å². The summed E-state index contributed by atoms with van der Waals surface area (Å²) in [7, 11) is 0. The third-order valence-corrected chi connectivity index (χ3v) is 4.45. The monoisotopic (exact) mass is 319 g/mol. The predicted molar refractivity (Wildman–Crippen MR) is 90.9 cm³/mol. The first kappa shape index (κ1) is 15.5. The number of nitrogens with zero attached hydrogens (tertiary/aromatic N) is 1. The van der Waals surface area contributed by atoms with E-state index in [9.17, 15) is 4.79 Å². The molecule has 0 aliphatic rings. The van der Waals surface area contributed by atoms with Gasteiger partial charge in [0, 0.05) is 6.54 Å². The summed E-state index contributed by atoms with van der Waals surface area (Å²) in [6.07, 6.45) is 1.62. The largest absolute Gasteiger partial charge is 0.383 e. The Balaban J connectivity index is 2.54. The zero-order valence-electron chi connectivity index (χ0n) is 12.0. The van der Waals surface area contributed by atoms with Crippen LogP contribution >= 0.6 is 23.6 Å². The van der Waals surface area contributed by atoms with Gasteiger partial charge in [-0.3, -0.25) is 9.36 Å². The van der Waals surface area contributed by atoms with Crippen LogP contribution in [0.5, 0.6) is 0 Å². The second-order valence-electron chi connectivity index (χ2n) is 4.71. The lowest BCUT2D eigenvalue weighted by Crippen LogP contribution is -2.23. The van der Waals surface area contributed by atoms with Gasteiger partial charge in [-0.2, -0.15) is 0 Å². The van der Waals surface area contributed by atoms with Gasteiger partial charge in [0.25, 0.3) is 5.91 Å². The number of carbonyl (C=O) groups is 1. The Morgan fingerprint density at radius 2 is 2.24 bits per heavy atom. The SMILES string of the molecule is C=CCNC(=O)c1sc(=S)n(-c2cc(C)ccc2C)c1N. The van der Waals surface area contributed by atoms with Gasteiger partial charge in [-0.05, 0) is 43.3 Å². The zero-order chi connectivity index (χ0) is 15.6. The van der Waals surface area contributed by atoms with Crippen LogP contribution in [0.2, 0.25) is 0 Å². The molecule has 1 aromatic heterocycles. The first-order chi connectivity index (χ1) is 9.95. The van der Waals surface area contributed by atoms with Gasteiger partial charge >= 0.3 is 0 Å². The highest BCUT2D eigenvalue weighted by Crippen LogP contribution is 2.28. The number of hydrogen-bond acceptors (Lipinski definition) is 4. The van der Waals surface area contributed by atoms with E-state index in [1.54, 1.807) is 10.6 Å². The Morgan fingerprint density at radius 3 is 2.90 bits per heavy atom. The van der Waals surface area contributed by atoms with Crippen LogP contribution in [0.4, 0.5) is 5.82 Å². The van der Waals surface area contributed by atoms with Crippen LogP contribution in [0, 0.1) is 17.8 Å². The van der Waals surface area contributed by atoms with Crippen molar-refractivity contribution < 1.29 is 4.79 Å². The summed E-state index contributed by atoms with van der Waals surface area (Å²) in [6.45, 7) is 7.97. The highest BCUT2D eigenvalue weighted by molar-refractivity contribution is 7.73. The molecule has 110 valence electrons. The molecule has 3 N–H and O–H groups in total. The summed E-state index contributed by atoms with van der Waals surface area (Å²) in [5, 5.41) is 2.72. The molecule has 0 radical (unpaired) electrons. The van der Waals surface area contributed by atoms with Gasteiger partial charge in [0.2, 0.25) is 0 Å². The minimum atomic E-state index is -0.229.